The third kappa shape index (κ3) is 3.47. The first-order valence-electron chi connectivity index (χ1n) is 8.54. The third-order valence-electron chi connectivity index (χ3n) is 4.58. The maximum atomic E-state index is 13.6. The van der Waals surface area contributed by atoms with E-state index in [1.165, 1.54) is 26.2 Å². The number of hydrogen-bond acceptors (Lipinski definition) is 5. The number of imide groups is 1. The second-order valence-electron chi connectivity index (χ2n) is 6.39. The van der Waals surface area contributed by atoms with Crippen molar-refractivity contribution in [1.82, 2.24) is 9.47 Å². The molecule has 1 atom stereocenters. The molecule has 0 N–H and O–H groups in total. The first-order valence-corrected chi connectivity index (χ1v) is 9.36. The number of amides is 2. The van der Waals surface area contributed by atoms with E-state index >= 15 is 0 Å². The van der Waals surface area contributed by atoms with E-state index in [0.717, 1.165) is 33.6 Å². The molecule has 28 heavy (non-hydrogen) atoms. The van der Waals surface area contributed by atoms with Crippen LogP contribution in [0.15, 0.2) is 35.2 Å². The topological polar surface area (TPSA) is 68.6 Å². The average Bonchev–Trinajstić information content (AvgIpc) is 3.09. The molecule has 1 saturated heterocycles. The van der Waals surface area contributed by atoms with E-state index in [1.807, 2.05) is 24.5 Å². The Morgan fingerprint density at radius 2 is 1.96 bits per heavy atom. The maximum Gasteiger partial charge on any atom is 0.328 e. The molecule has 146 valence electrons. The molecule has 2 heterocycles. The largest absolute Gasteiger partial charge is 0.467 e. The molecule has 8 heteroatoms. The van der Waals surface area contributed by atoms with Gasteiger partial charge in [-0.25, -0.2) is 9.18 Å². The van der Waals surface area contributed by atoms with E-state index in [1.54, 1.807) is 18.2 Å². The van der Waals surface area contributed by atoms with Gasteiger partial charge >= 0.3 is 5.97 Å². The van der Waals surface area contributed by atoms with Crippen molar-refractivity contribution in [2.75, 3.05) is 7.11 Å². The van der Waals surface area contributed by atoms with Crippen LogP contribution in [0, 0.1) is 19.7 Å². The minimum atomic E-state index is -0.997. The van der Waals surface area contributed by atoms with Gasteiger partial charge in [0.15, 0.2) is 0 Å². The highest BCUT2D eigenvalue weighted by Gasteiger charge is 2.41. The fraction of sp³-hybridized carbons (Fsp3) is 0.250. The van der Waals surface area contributed by atoms with Gasteiger partial charge in [0.05, 0.1) is 12.0 Å². The Morgan fingerprint density at radius 1 is 1.25 bits per heavy atom. The summed E-state index contributed by atoms with van der Waals surface area (Å²) in [5.41, 5.74) is 3.06. The van der Waals surface area contributed by atoms with Crippen LogP contribution in [0.1, 0.15) is 23.9 Å². The number of aryl methyl sites for hydroxylation is 1. The van der Waals surface area contributed by atoms with Crippen LogP contribution in [0.5, 0.6) is 0 Å². The highest BCUT2D eigenvalue weighted by molar-refractivity contribution is 8.18. The van der Waals surface area contributed by atoms with Gasteiger partial charge in [-0.3, -0.25) is 14.5 Å². The van der Waals surface area contributed by atoms with Crippen molar-refractivity contribution in [3.63, 3.8) is 0 Å². The van der Waals surface area contributed by atoms with Crippen molar-refractivity contribution in [3.05, 3.63) is 58.0 Å². The predicted molar refractivity (Wildman–Crippen MR) is 104 cm³/mol. The highest BCUT2D eigenvalue weighted by Crippen LogP contribution is 2.35. The molecule has 0 aliphatic carbocycles. The lowest BCUT2D eigenvalue weighted by Crippen LogP contribution is -2.42. The molecule has 1 aromatic heterocycles. The van der Waals surface area contributed by atoms with Gasteiger partial charge in [-0.15, -0.1) is 0 Å². The number of halogens is 1. The second-order valence-corrected chi connectivity index (χ2v) is 7.39. The summed E-state index contributed by atoms with van der Waals surface area (Å²) in [5, 5.41) is -0.520. The minimum absolute atomic E-state index is 0.222. The number of carbonyl (C=O) groups is 3. The van der Waals surface area contributed by atoms with E-state index in [0.29, 0.717) is 5.69 Å². The van der Waals surface area contributed by atoms with Crippen LogP contribution < -0.4 is 0 Å². The Hall–Kier alpha value is -2.87. The van der Waals surface area contributed by atoms with E-state index in [2.05, 4.69) is 4.74 Å². The van der Waals surface area contributed by atoms with E-state index in [9.17, 15) is 18.8 Å². The van der Waals surface area contributed by atoms with Crippen LogP contribution in [0.4, 0.5) is 9.18 Å². The molecule has 1 aromatic carbocycles. The van der Waals surface area contributed by atoms with Gasteiger partial charge in [-0.2, -0.15) is 0 Å². The number of hydrogen-bond donors (Lipinski definition) is 0. The molecule has 1 aliphatic heterocycles. The summed E-state index contributed by atoms with van der Waals surface area (Å²) in [5.74, 6) is -1.54. The number of rotatable bonds is 4. The van der Waals surface area contributed by atoms with Crippen molar-refractivity contribution in [1.29, 1.82) is 0 Å². The number of thioether (sulfide) groups is 1. The lowest BCUT2D eigenvalue weighted by Gasteiger charge is -2.18. The van der Waals surface area contributed by atoms with Crippen molar-refractivity contribution in [2.45, 2.75) is 26.8 Å². The quantitative estimate of drug-likeness (QED) is 0.574. The van der Waals surface area contributed by atoms with Crippen LogP contribution in [-0.4, -0.2) is 39.7 Å². The lowest BCUT2D eigenvalue weighted by atomic mass is 10.2. The number of esters is 1. The van der Waals surface area contributed by atoms with Gasteiger partial charge in [0.25, 0.3) is 11.1 Å². The molecule has 0 saturated carbocycles. The zero-order chi connectivity index (χ0) is 20.6. The first kappa shape index (κ1) is 19.9. The molecule has 1 aliphatic rings. The Balaban J connectivity index is 1.97. The van der Waals surface area contributed by atoms with E-state index in [-0.39, 0.29) is 10.7 Å². The van der Waals surface area contributed by atoms with Gasteiger partial charge in [0.1, 0.15) is 11.9 Å². The van der Waals surface area contributed by atoms with Crippen LogP contribution in [0.3, 0.4) is 0 Å². The molecule has 0 spiro atoms. The summed E-state index contributed by atoms with van der Waals surface area (Å²) >= 11 is 0.776. The number of benzene rings is 1. The van der Waals surface area contributed by atoms with Crippen molar-refractivity contribution >= 4 is 35.0 Å². The number of carbonyl (C=O) groups excluding carboxylic acids is 3. The normalized spacial score (nSPS) is 16.8. The zero-order valence-corrected chi connectivity index (χ0v) is 16.7. The van der Waals surface area contributed by atoms with E-state index < -0.39 is 23.2 Å². The van der Waals surface area contributed by atoms with Gasteiger partial charge in [-0.1, -0.05) is 6.07 Å². The molecule has 0 unspecified atom stereocenters. The molecule has 2 aromatic rings. The maximum absolute atomic E-state index is 13.6. The molecule has 3 rings (SSSR count). The smallest absolute Gasteiger partial charge is 0.328 e. The lowest BCUT2D eigenvalue weighted by molar-refractivity contribution is -0.148. The average molecular weight is 402 g/mol. The Labute approximate surface area is 166 Å². The Kier molecular flexibility index (Phi) is 5.42. The molecular weight excluding hydrogens is 383 g/mol. The van der Waals surface area contributed by atoms with Crippen LogP contribution in [-0.2, 0) is 14.3 Å². The van der Waals surface area contributed by atoms with Gasteiger partial charge < -0.3 is 9.30 Å². The second kappa shape index (κ2) is 7.63. The van der Waals surface area contributed by atoms with Crippen LogP contribution >= 0.6 is 11.8 Å². The summed E-state index contributed by atoms with van der Waals surface area (Å²) in [6.45, 7) is 5.17. The number of aromatic nitrogens is 1. The van der Waals surface area contributed by atoms with E-state index in [4.69, 9.17) is 0 Å². The summed E-state index contributed by atoms with van der Waals surface area (Å²) < 4.78 is 20.1. The molecule has 0 radical (unpaired) electrons. The highest BCUT2D eigenvalue weighted by atomic mass is 32.2. The van der Waals surface area contributed by atoms with Crippen molar-refractivity contribution in [3.8, 4) is 5.69 Å². The Bertz CT molecular complexity index is 1010. The summed E-state index contributed by atoms with van der Waals surface area (Å²) in [6.07, 6.45) is 1.62. The van der Waals surface area contributed by atoms with Crippen molar-refractivity contribution in [2.24, 2.45) is 0 Å². The minimum Gasteiger partial charge on any atom is -0.467 e. The summed E-state index contributed by atoms with van der Waals surface area (Å²) in [6, 6.07) is 7.08. The molecular formula is C20H19FN2O4S. The van der Waals surface area contributed by atoms with Gasteiger partial charge in [-0.05, 0) is 68.4 Å². The zero-order valence-electron chi connectivity index (χ0n) is 15.9. The standard InChI is InChI=1S/C20H19FN2O4S/c1-11-8-14(12(2)22(11)16-7-5-6-15(21)10-16)9-17-18(24)23(20(26)28-17)13(3)19(25)27-4/h5-10,13H,1-4H3/b17-9+/t13-/m1/s1. The van der Waals surface area contributed by atoms with Gasteiger partial charge in [0.2, 0.25) is 0 Å². The van der Waals surface area contributed by atoms with Gasteiger partial charge in [0, 0.05) is 17.1 Å². The molecule has 0 bridgehead atoms. The molecule has 2 amide bonds. The Morgan fingerprint density at radius 3 is 2.61 bits per heavy atom. The fourth-order valence-electron chi connectivity index (χ4n) is 3.18. The number of ether oxygens (including phenoxy) is 1. The monoisotopic (exact) mass is 402 g/mol. The number of nitrogens with zero attached hydrogens (tertiary/aromatic N) is 2. The van der Waals surface area contributed by atoms with Crippen LogP contribution in [0.25, 0.3) is 11.8 Å². The SMILES string of the molecule is COC(=O)[C@@H](C)N1C(=O)S/C(=C/c2cc(C)n(-c3cccc(F)c3)c2C)C1=O. The first-order chi connectivity index (χ1) is 13.2. The van der Waals surface area contributed by atoms with Crippen molar-refractivity contribution < 1.29 is 23.5 Å². The fourth-order valence-corrected chi connectivity index (χ4v) is 4.08. The number of methoxy groups -OCH3 is 1. The predicted octanol–water partition coefficient (Wildman–Crippen LogP) is 3.83. The summed E-state index contributed by atoms with van der Waals surface area (Å²) in [7, 11) is 1.20. The molecule has 1 fully saturated rings. The van der Waals surface area contributed by atoms with Crippen LogP contribution in [0.2, 0.25) is 0 Å². The third-order valence-corrected chi connectivity index (χ3v) is 5.46. The summed E-state index contributed by atoms with van der Waals surface area (Å²) in [4.78, 5) is 37.7. The molecule has 6 nitrogen and oxygen atoms in total.